The normalized spacial score (nSPS) is 18.2. The molecule has 0 amide bonds. The molecular weight excluding hydrogens is 336 g/mol. The number of aliphatic hydroxyl groups is 1. The van der Waals surface area contributed by atoms with Crippen molar-refractivity contribution in [2.45, 2.75) is 38.0 Å². The van der Waals surface area contributed by atoms with E-state index in [0.29, 0.717) is 10.2 Å². The Hall–Kier alpha value is -2.02. The standard InChI is InChI=1S/C19H20N2O3S/c22-14(10-21-12-20-16-8-9-25-18(16)19(21)23)11-24-17-7-3-5-13-4-1-2-6-15(13)17/h1-2,4,6,8-9,12,14,17,22H,3,5,7,10-11H2/t14-,17-/m0/s1. The van der Waals surface area contributed by atoms with Gasteiger partial charge in [0, 0.05) is 0 Å². The Morgan fingerprint density at radius 2 is 2.24 bits per heavy atom. The molecule has 0 bridgehead atoms. The summed E-state index contributed by atoms with van der Waals surface area (Å²) in [6.07, 6.45) is 3.92. The van der Waals surface area contributed by atoms with E-state index in [1.807, 2.05) is 17.5 Å². The van der Waals surface area contributed by atoms with Gasteiger partial charge in [0.25, 0.3) is 5.56 Å². The maximum absolute atomic E-state index is 12.4. The second-order valence-corrected chi connectivity index (χ2v) is 7.32. The summed E-state index contributed by atoms with van der Waals surface area (Å²) in [6, 6.07) is 10.1. The van der Waals surface area contributed by atoms with Crippen LogP contribution in [0, 0.1) is 0 Å². The van der Waals surface area contributed by atoms with Crippen LogP contribution in [0.3, 0.4) is 0 Å². The molecule has 0 spiro atoms. The zero-order chi connectivity index (χ0) is 17.2. The van der Waals surface area contributed by atoms with E-state index in [2.05, 4.69) is 23.2 Å². The highest BCUT2D eigenvalue weighted by Crippen LogP contribution is 2.32. The number of ether oxygens (including phenoxy) is 1. The molecule has 1 aromatic carbocycles. The lowest BCUT2D eigenvalue weighted by molar-refractivity contribution is -0.0228. The van der Waals surface area contributed by atoms with Crippen molar-refractivity contribution >= 4 is 21.6 Å². The van der Waals surface area contributed by atoms with Crippen LogP contribution in [0.1, 0.15) is 30.1 Å². The minimum absolute atomic E-state index is 0.0224. The number of benzene rings is 1. The van der Waals surface area contributed by atoms with E-state index in [4.69, 9.17) is 4.74 Å². The Morgan fingerprint density at radius 1 is 1.36 bits per heavy atom. The fraction of sp³-hybridized carbons (Fsp3) is 0.368. The zero-order valence-electron chi connectivity index (χ0n) is 13.8. The van der Waals surface area contributed by atoms with Crippen LogP contribution in [0.25, 0.3) is 10.2 Å². The lowest BCUT2D eigenvalue weighted by Crippen LogP contribution is -2.30. The quantitative estimate of drug-likeness (QED) is 0.763. The Morgan fingerprint density at radius 3 is 3.16 bits per heavy atom. The summed E-state index contributed by atoms with van der Waals surface area (Å²) in [6.45, 7) is 0.391. The van der Waals surface area contributed by atoms with Crippen molar-refractivity contribution in [2.24, 2.45) is 0 Å². The molecule has 130 valence electrons. The van der Waals surface area contributed by atoms with Gasteiger partial charge in [-0.3, -0.25) is 9.36 Å². The van der Waals surface area contributed by atoms with Crippen LogP contribution in [0.4, 0.5) is 0 Å². The zero-order valence-corrected chi connectivity index (χ0v) is 14.6. The summed E-state index contributed by atoms with van der Waals surface area (Å²) in [7, 11) is 0. The first-order valence-electron chi connectivity index (χ1n) is 8.52. The number of aliphatic hydroxyl groups excluding tert-OH is 1. The van der Waals surface area contributed by atoms with Crippen molar-refractivity contribution in [3.05, 3.63) is 63.5 Å². The van der Waals surface area contributed by atoms with Gasteiger partial charge in [-0.1, -0.05) is 24.3 Å². The molecule has 2 atom stereocenters. The second kappa shape index (κ2) is 7.07. The van der Waals surface area contributed by atoms with Gasteiger partial charge >= 0.3 is 0 Å². The van der Waals surface area contributed by atoms with Gasteiger partial charge in [-0.15, -0.1) is 11.3 Å². The molecule has 1 N–H and O–H groups in total. The molecular formula is C19H20N2O3S. The largest absolute Gasteiger partial charge is 0.389 e. The van der Waals surface area contributed by atoms with E-state index in [9.17, 15) is 9.90 Å². The van der Waals surface area contributed by atoms with Crippen molar-refractivity contribution < 1.29 is 9.84 Å². The molecule has 0 aliphatic heterocycles. The molecule has 0 unspecified atom stereocenters. The van der Waals surface area contributed by atoms with Crippen LogP contribution in [-0.2, 0) is 17.7 Å². The average molecular weight is 356 g/mol. The van der Waals surface area contributed by atoms with E-state index in [-0.39, 0.29) is 24.8 Å². The molecule has 0 saturated heterocycles. The first-order valence-corrected chi connectivity index (χ1v) is 9.40. The molecule has 4 rings (SSSR count). The summed E-state index contributed by atoms with van der Waals surface area (Å²) < 4.78 is 8.05. The molecule has 1 aliphatic carbocycles. The van der Waals surface area contributed by atoms with Crippen molar-refractivity contribution in [2.75, 3.05) is 6.61 Å². The molecule has 0 fully saturated rings. The van der Waals surface area contributed by atoms with E-state index in [1.54, 1.807) is 0 Å². The summed E-state index contributed by atoms with van der Waals surface area (Å²) in [5.41, 5.74) is 3.15. The van der Waals surface area contributed by atoms with Crippen LogP contribution >= 0.6 is 11.3 Å². The van der Waals surface area contributed by atoms with Gasteiger partial charge in [0.15, 0.2) is 0 Å². The molecule has 6 heteroatoms. The van der Waals surface area contributed by atoms with Crippen LogP contribution < -0.4 is 5.56 Å². The van der Waals surface area contributed by atoms with Gasteiger partial charge in [0.1, 0.15) is 4.70 Å². The molecule has 2 aromatic heterocycles. The van der Waals surface area contributed by atoms with Crippen LogP contribution in [0.15, 0.2) is 46.8 Å². The fourth-order valence-electron chi connectivity index (χ4n) is 3.40. The van der Waals surface area contributed by atoms with Crippen LogP contribution in [-0.4, -0.2) is 27.4 Å². The summed E-state index contributed by atoms with van der Waals surface area (Å²) in [4.78, 5) is 16.6. The smallest absolute Gasteiger partial charge is 0.271 e. The average Bonchev–Trinajstić information content (AvgIpc) is 3.12. The number of thiophene rings is 1. The number of aryl methyl sites for hydroxylation is 1. The third kappa shape index (κ3) is 3.38. The number of hydrogen-bond donors (Lipinski definition) is 1. The first kappa shape index (κ1) is 16.4. The van der Waals surface area contributed by atoms with E-state index >= 15 is 0 Å². The fourth-order valence-corrected chi connectivity index (χ4v) is 4.19. The van der Waals surface area contributed by atoms with Gasteiger partial charge in [-0.25, -0.2) is 4.98 Å². The van der Waals surface area contributed by atoms with Crippen molar-refractivity contribution in [3.63, 3.8) is 0 Å². The van der Waals surface area contributed by atoms with Gasteiger partial charge in [-0.05, 0) is 41.8 Å². The molecule has 1 aliphatic rings. The minimum Gasteiger partial charge on any atom is -0.389 e. The Balaban J connectivity index is 1.42. The van der Waals surface area contributed by atoms with Crippen LogP contribution in [0.5, 0.6) is 0 Å². The summed E-state index contributed by atoms with van der Waals surface area (Å²) in [5, 5.41) is 12.2. The van der Waals surface area contributed by atoms with E-state index in [1.165, 1.54) is 33.4 Å². The van der Waals surface area contributed by atoms with Crippen molar-refractivity contribution in [3.8, 4) is 0 Å². The molecule has 2 heterocycles. The molecule has 3 aromatic rings. The topological polar surface area (TPSA) is 64.4 Å². The highest BCUT2D eigenvalue weighted by atomic mass is 32.1. The van der Waals surface area contributed by atoms with E-state index in [0.717, 1.165) is 19.3 Å². The Labute approximate surface area is 149 Å². The number of rotatable bonds is 5. The van der Waals surface area contributed by atoms with Gasteiger partial charge in [0.2, 0.25) is 0 Å². The van der Waals surface area contributed by atoms with Gasteiger partial charge in [-0.2, -0.15) is 0 Å². The monoisotopic (exact) mass is 356 g/mol. The lowest BCUT2D eigenvalue weighted by atomic mass is 9.89. The number of nitrogens with zero attached hydrogens (tertiary/aromatic N) is 2. The maximum atomic E-state index is 12.4. The predicted octanol–water partition coefficient (Wildman–Crippen LogP) is 2.91. The maximum Gasteiger partial charge on any atom is 0.271 e. The lowest BCUT2D eigenvalue weighted by Gasteiger charge is -2.26. The number of hydrogen-bond acceptors (Lipinski definition) is 5. The van der Waals surface area contributed by atoms with Crippen molar-refractivity contribution in [1.29, 1.82) is 0 Å². The molecule has 0 radical (unpaired) electrons. The Kier molecular flexibility index (Phi) is 4.65. The Bertz CT molecular complexity index is 934. The number of aromatic nitrogens is 2. The third-order valence-electron chi connectivity index (χ3n) is 4.65. The molecule has 0 saturated carbocycles. The highest BCUT2D eigenvalue weighted by Gasteiger charge is 2.21. The summed E-state index contributed by atoms with van der Waals surface area (Å²) >= 11 is 1.37. The van der Waals surface area contributed by atoms with Crippen LogP contribution in [0.2, 0.25) is 0 Å². The highest BCUT2D eigenvalue weighted by molar-refractivity contribution is 7.17. The number of fused-ring (bicyclic) bond motifs is 2. The van der Waals surface area contributed by atoms with Gasteiger partial charge < -0.3 is 9.84 Å². The first-order chi connectivity index (χ1) is 12.2. The molecule has 25 heavy (non-hydrogen) atoms. The van der Waals surface area contributed by atoms with Crippen molar-refractivity contribution in [1.82, 2.24) is 9.55 Å². The predicted molar refractivity (Wildman–Crippen MR) is 98.0 cm³/mol. The minimum atomic E-state index is -0.744. The van der Waals surface area contributed by atoms with E-state index < -0.39 is 6.10 Å². The second-order valence-electron chi connectivity index (χ2n) is 6.40. The molecule has 5 nitrogen and oxygen atoms in total. The third-order valence-corrected chi connectivity index (χ3v) is 5.54. The SMILES string of the molecule is O=c1c2sccc2ncn1C[C@H](O)CO[C@H]1CCCc2ccccc21. The summed E-state index contributed by atoms with van der Waals surface area (Å²) in [5.74, 6) is 0. The van der Waals surface area contributed by atoms with Gasteiger partial charge in [0.05, 0.1) is 37.2 Å².